The summed E-state index contributed by atoms with van der Waals surface area (Å²) in [6.07, 6.45) is 2.36. The van der Waals surface area contributed by atoms with Crippen LogP contribution in [0.1, 0.15) is 54.0 Å². The van der Waals surface area contributed by atoms with Gasteiger partial charge in [-0.3, -0.25) is 0 Å². The maximum Gasteiger partial charge on any atom is 0.353 e. The maximum absolute atomic E-state index is 11.9. The fourth-order valence-corrected chi connectivity index (χ4v) is 5.63. The van der Waals surface area contributed by atoms with Crippen LogP contribution in [0.4, 0.5) is 0 Å². The lowest BCUT2D eigenvalue weighted by atomic mass is 10.1. The van der Waals surface area contributed by atoms with Crippen LogP contribution in [0.15, 0.2) is 40.9 Å². The number of nitrogens with two attached hydrogens (primary N) is 1. The highest BCUT2D eigenvalue weighted by Gasteiger charge is 2.24. The largest absolute Gasteiger partial charge is 0.477 e. The SMILES string of the molecule is CC(C)N1CCC(N)CC1.Cc1cccc2c(C#N)c(C(=O)O)n(Cc3cc(-c4ccc(Cl)s4)on3)c12. The molecule has 8 nitrogen and oxygen atoms in total. The van der Waals surface area contributed by atoms with E-state index in [0.29, 0.717) is 38.8 Å². The first-order valence-electron chi connectivity index (χ1n) is 12.2. The summed E-state index contributed by atoms with van der Waals surface area (Å²) in [5.74, 6) is -0.594. The molecule has 0 saturated carbocycles. The molecule has 1 aliphatic rings. The number of aromatic carboxylic acids is 1. The molecule has 194 valence electrons. The van der Waals surface area contributed by atoms with Crippen molar-refractivity contribution in [2.45, 2.75) is 52.2 Å². The third-order valence-electron chi connectivity index (χ3n) is 6.60. The Morgan fingerprint density at radius 2 is 2.05 bits per heavy atom. The normalized spacial score (nSPS) is 14.5. The number of nitrogens with zero attached hydrogens (tertiary/aromatic N) is 4. The Morgan fingerprint density at radius 1 is 1.32 bits per heavy atom. The Labute approximate surface area is 224 Å². The van der Waals surface area contributed by atoms with Gasteiger partial charge in [0.05, 0.1) is 26.8 Å². The van der Waals surface area contributed by atoms with Crippen LogP contribution in [0.25, 0.3) is 21.5 Å². The van der Waals surface area contributed by atoms with Crippen molar-refractivity contribution in [3.8, 4) is 16.7 Å². The van der Waals surface area contributed by atoms with E-state index in [1.165, 1.54) is 37.3 Å². The van der Waals surface area contributed by atoms with Crippen LogP contribution >= 0.6 is 22.9 Å². The first-order valence-corrected chi connectivity index (χ1v) is 13.3. The van der Waals surface area contributed by atoms with Gasteiger partial charge in [-0.1, -0.05) is 35.0 Å². The quantitative estimate of drug-likeness (QED) is 0.331. The second-order valence-electron chi connectivity index (χ2n) is 9.45. The maximum atomic E-state index is 11.9. The van der Waals surface area contributed by atoms with E-state index in [1.54, 1.807) is 22.8 Å². The number of para-hydroxylation sites is 1. The lowest BCUT2D eigenvalue weighted by Gasteiger charge is -2.32. The lowest BCUT2D eigenvalue weighted by molar-refractivity contribution is 0.0685. The zero-order chi connectivity index (χ0) is 26.7. The number of halogens is 1. The molecule has 0 radical (unpaired) electrons. The third kappa shape index (κ3) is 5.89. The highest BCUT2D eigenvalue weighted by molar-refractivity contribution is 7.19. The van der Waals surface area contributed by atoms with Gasteiger partial charge in [0, 0.05) is 23.5 Å². The van der Waals surface area contributed by atoms with Crippen molar-refractivity contribution in [1.29, 1.82) is 5.26 Å². The molecule has 3 N–H and O–H groups in total. The van der Waals surface area contributed by atoms with Gasteiger partial charge in [0.15, 0.2) is 5.76 Å². The van der Waals surface area contributed by atoms with Crippen LogP contribution in [0.5, 0.6) is 0 Å². The number of aromatic nitrogens is 2. The van der Waals surface area contributed by atoms with Gasteiger partial charge in [0.25, 0.3) is 0 Å². The fraction of sp³-hybridized carbons (Fsp3) is 0.370. The number of benzene rings is 1. The van der Waals surface area contributed by atoms with Crippen LogP contribution in [-0.2, 0) is 6.54 Å². The number of hydrogen-bond acceptors (Lipinski definition) is 7. The van der Waals surface area contributed by atoms with Crippen molar-refractivity contribution < 1.29 is 14.4 Å². The summed E-state index contributed by atoms with van der Waals surface area (Å²) in [6.45, 7) is 8.94. The number of fused-ring (bicyclic) bond motifs is 1. The first kappa shape index (κ1) is 26.9. The van der Waals surface area contributed by atoms with Crippen molar-refractivity contribution in [3.05, 3.63) is 63.2 Å². The van der Waals surface area contributed by atoms with Gasteiger partial charge >= 0.3 is 5.97 Å². The monoisotopic (exact) mass is 539 g/mol. The number of rotatable bonds is 5. The van der Waals surface area contributed by atoms with Crippen molar-refractivity contribution in [3.63, 3.8) is 0 Å². The number of aryl methyl sites for hydroxylation is 1. The molecule has 0 spiro atoms. The van der Waals surface area contributed by atoms with Crippen LogP contribution < -0.4 is 5.73 Å². The summed E-state index contributed by atoms with van der Waals surface area (Å²) in [5, 5.41) is 23.9. The summed E-state index contributed by atoms with van der Waals surface area (Å²) in [4.78, 5) is 15.2. The molecule has 1 aliphatic heterocycles. The summed E-state index contributed by atoms with van der Waals surface area (Å²) in [6, 6.07) is 14.0. The number of piperidine rings is 1. The topological polar surface area (TPSA) is 121 Å². The Kier molecular flexibility index (Phi) is 8.35. The number of thiophene rings is 1. The number of hydrogen-bond donors (Lipinski definition) is 2. The number of likely N-dealkylation sites (tertiary alicyclic amines) is 1. The second kappa shape index (κ2) is 11.5. The molecule has 1 fully saturated rings. The highest BCUT2D eigenvalue weighted by atomic mass is 35.5. The molecule has 37 heavy (non-hydrogen) atoms. The molecule has 1 aromatic carbocycles. The zero-order valence-corrected chi connectivity index (χ0v) is 22.6. The average Bonchev–Trinajstić information content (AvgIpc) is 3.58. The Bertz CT molecular complexity index is 1440. The first-order chi connectivity index (χ1) is 17.7. The van der Waals surface area contributed by atoms with Gasteiger partial charge in [-0.15, -0.1) is 11.3 Å². The molecule has 0 atom stereocenters. The van der Waals surface area contributed by atoms with Crippen LogP contribution in [0.2, 0.25) is 4.34 Å². The molecule has 4 aromatic rings. The summed E-state index contributed by atoms with van der Waals surface area (Å²) in [7, 11) is 0. The summed E-state index contributed by atoms with van der Waals surface area (Å²) in [5.41, 5.74) is 8.01. The fourth-order valence-electron chi connectivity index (χ4n) is 4.63. The molecule has 1 saturated heterocycles. The van der Waals surface area contributed by atoms with Gasteiger partial charge in [-0.2, -0.15) is 5.26 Å². The smallest absolute Gasteiger partial charge is 0.353 e. The van der Waals surface area contributed by atoms with Crippen molar-refractivity contribution >= 4 is 39.8 Å². The van der Waals surface area contributed by atoms with E-state index in [1.807, 2.05) is 31.2 Å². The lowest BCUT2D eigenvalue weighted by Crippen LogP contribution is -2.42. The molecular formula is C27H30ClN5O3S. The predicted molar refractivity (Wildman–Crippen MR) is 146 cm³/mol. The number of carboxylic acids is 1. The van der Waals surface area contributed by atoms with Crippen molar-refractivity contribution in [2.75, 3.05) is 13.1 Å². The van der Waals surface area contributed by atoms with Crippen LogP contribution in [0, 0.1) is 18.3 Å². The molecule has 5 rings (SSSR count). The Morgan fingerprint density at radius 3 is 2.65 bits per heavy atom. The van der Waals surface area contributed by atoms with Gasteiger partial charge in [-0.05, 0) is 64.4 Å². The molecule has 4 heterocycles. The van der Waals surface area contributed by atoms with E-state index in [2.05, 4.69) is 23.9 Å². The summed E-state index contributed by atoms with van der Waals surface area (Å²) < 4.78 is 7.63. The molecule has 0 amide bonds. The van der Waals surface area contributed by atoms with E-state index < -0.39 is 5.97 Å². The van der Waals surface area contributed by atoms with E-state index in [-0.39, 0.29) is 17.8 Å². The van der Waals surface area contributed by atoms with Gasteiger partial charge in [-0.25, -0.2) is 4.79 Å². The van der Waals surface area contributed by atoms with E-state index >= 15 is 0 Å². The van der Waals surface area contributed by atoms with Crippen molar-refractivity contribution in [1.82, 2.24) is 14.6 Å². The third-order valence-corrected chi connectivity index (χ3v) is 7.84. The van der Waals surface area contributed by atoms with Gasteiger partial charge < -0.3 is 24.8 Å². The molecule has 10 heteroatoms. The van der Waals surface area contributed by atoms with Gasteiger partial charge in [0.2, 0.25) is 0 Å². The molecular weight excluding hydrogens is 510 g/mol. The molecule has 0 bridgehead atoms. The summed E-state index contributed by atoms with van der Waals surface area (Å²) >= 11 is 7.33. The van der Waals surface area contributed by atoms with Crippen LogP contribution in [-0.4, -0.2) is 50.9 Å². The number of carbonyl (C=O) groups is 1. The van der Waals surface area contributed by atoms with Gasteiger partial charge in [0.1, 0.15) is 17.5 Å². The minimum absolute atomic E-state index is 0.0504. The second-order valence-corrected chi connectivity index (χ2v) is 11.2. The number of carboxylic acid groups (broad SMARTS) is 1. The standard InChI is InChI=1S/C19H12ClN3O3S.C8H18N2/c1-10-3-2-4-12-13(8-21)18(19(24)25)23(17(10)12)9-11-7-14(26-22-11)15-5-6-16(20)27-15;1-7(2)10-5-3-8(9)4-6-10/h2-7H,9H2,1H3,(H,24,25);7-8H,3-6,9H2,1-2H3. The highest BCUT2D eigenvalue weighted by Crippen LogP contribution is 2.33. The molecule has 0 unspecified atom stereocenters. The minimum Gasteiger partial charge on any atom is -0.477 e. The Hall–Kier alpha value is -3.16. The van der Waals surface area contributed by atoms with Crippen molar-refractivity contribution in [2.24, 2.45) is 5.73 Å². The predicted octanol–water partition coefficient (Wildman–Crippen LogP) is 5.76. The molecule has 3 aromatic heterocycles. The van der Waals surface area contributed by atoms with E-state index in [0.717, 1.165) is 10.4 Å². The number of nitriles is 1. The zero-order valence-electron chi connectivity index (χ0n) is 21.1. The minimum atomic E-state index is -1.16. The van der Waals surface area contributed by atoms with E-state index in [4.69, 9.17) is 21.9 Å². The average molecular weight is 540 g/mol. The molecule has 0 aliphatic carbocycles. The van der Waals surface area contributed by atoms with E-state index in [9.17, 15) is 15.2 Å². The Balaban J connectivity index is 0.000000270. The van der Waals surface area contributed by atoms with Crippen LogP contribution in [0.3, 0.4) is 0 Å².